The van der Waals surface area contributed by atoms with E-state index in [1.165, 1.54) is 33.0 Å². The van der Waals surface area contributed by atoms with Crippen LogP contribution in [0.4, 0.5) is 0 Å². The van der Waals surface area contributed by atoms with Crippen LogP contribution >= 0.6 is 0 Å². The zero-order valence-electron chi connectivity index (χ0n) is 31.1. The van der Waals surface area contributed by atoms with Crippen LogP contribution in [0, 0.1) is 0 Å². The molecule has 0 amide bonds. The van der Waals surface area contributed by atoms with Crippen LogP contribution in [-0.4, -0.2) is 9.97 Å². The first-order valence-corrected chi connectivity index (χ1v) is 19.2. The van der Waals surface area contributed by atoms with Crippen molar-refractivity contribution in [3.8, 4) is 67.3 Å². The molecule has 1 aliphatic rings. The lowest BCUT2D eigenvalue weighted by Crippen LogP contribution is -2.14. The summed E-state index contributed by atoms with van der Waals surface area (Å²) in [7, 11) is 0. The highest BCUT2D eigenvalue weighted by atomic mass is 16.3. The smallest absolute Gasteiger partial charge is 0.160 e. The SMILES string of the molecule is CC1(C)c2ccccc2-c2ccc(-c3cc(-c4cc(-c5ccccc5)cc(-c5ccc6oc7ccc8ccccc8c7c6c5)c4)nc(-c4ccccc4)n3)cc21. The summed E-state index contributed by atoms with van der Waals surface area (Å²) < 4.78 is 6.39. The van der Waals surface area contributed by atoms with Gasteiger partial charge in [-0.15, -0.1) is 0 Å². The molecule has 11 rings (SSSR count). The maximum atomic E-state index is 6.39. The van der Waals surface area contributed by atoms with Crippen molar-refractivity contribution in [3.63, 3.8) is 0 Å². The van der Waals surface area contributed by atoms with Gasteiger partial charge in [-0.05, 0) is 104 Å². The molecule has 8 aromatic carbocycles. The van der Waals surface area contributed by atoms with Crippen LogP contribution < -0.4 is 0 Å². The summed E-state index contributed by atoms with van der Waals surface area (Å²) in [6.45, 7) is 4.65. The number of furan rings is 1. The summed E-state index contributed by atoms with van der Waals surface area (Å²) in [5, 5.41) is 4.65. The molecule has 3 heteroatoms. The van der Waals surface area contributed by atoms with Crippen LogP contribution in [0.3, 0.4) is 0 Å². The van der Waals surface area contributed by atoms with Gasteiger partial charge in [0.15, 0.2) is 5.82 Å². The molecular weight excluding hydrogens is 681 g/mol. The van der Waals surface area contributed by atoms with Crippen LogP contribution in [0.5, 0.6) is 0 Å². The Morgan fingerprint density at radius 1 is 0.393 bits per heavy atom. The first-order chi connectivity index (χ1) is 27.5. The largest absolute Gasteiger partial charge is 0.456 e. The monoisotopic (exact) mass is 716 g/mol. The highest BCUT2D eigenvalue weighted by Gasteiger charge is 2.35. The maximum Gasteiger partial charge on any atom is 0.160 e. The lowest BCUT2D eigenvalue weighted by Gasteiger charge is -2.22. The van der Waals surface area contributed by atoms with E-state index >= 15 is 0 Å². The summed E-state index contributed by atoms with van der Waals surface area (Å²) in [6, 6.07) is 64.9. The summed E-state index contributed by atoms with van der Waals surface area (Å²) in [5.74, 6) is 0.700. The quantitative estimate of drug-likeness (QED) is 0.178. The van der Waals surface area contributed by atoms with E-state index in [1.54, 1.807) is 0 Å². The summed E-state index contributed by atoms with van der Waals surface area (Å²) >= 11 is 0. The Bertz CT molecular complexity index is 3160. The molecule has 0 spiro atoms. The van der Waals surface area contributed by atoms with Gasteiger partial charge in [-0.2, -0.15) is 0 Å². The van der Waals surface area contributed by atoms with Crippen LogP contribution in [0.15, 0.2) is 186 Å². The van der Waals surface area contributed by atoms with Gasteiger partial charge in [0.05, 0.1) is 11.4 Å². The van der Waals surface area contributed by atoms with Gasteiger partial charge in [0, 0.05) is 32.9 Å². The minimum absolute atomic E-state index is 0.118. The van der Waals surface area contributed by atoms with E-state index in [9.17, 15) is 0 Å². The molecular formula is C53H36N2O. The maximum absolute atomic E-state index is 6.39. The fourth-order valence-corrected chi connectivity index (χ4v) is 8.79. The van der Waals surface area contributed by atoms with Gasteiger partial charge in [0.25, 0.3) is 0 Å². The molecule has 1 aliphatic carbocycles. The molecule has 0 fully saturated rings. The number of rotatable bonds is 5. The molecule has 56 heavy (non-hydrogen) atoms. The third kappa shape index (κ3) is 5.20. The summed E-state index contributed by atoms with van der Waals surface area (Å²) in [4.78, 5) is 10.5. The van der Waals surface area contributed by atoms with Crippen molar-refractivity contribution in [1.29, 1.82) is 0 Å². The van der Waals surface area contributed by atoms with Gasteiger partial charge < -0.3 is 4.42 Å². The van der Waals surface area contributed by atoms with Crippen molar-refractivity contribution in [1.82, 2.24) is 9.97 Å². The average Bonchev–Trinajstić information content (AvgIpc) is 3.75. The Hall–Kier alpha value is -7.10. The van der Waals surface area contributed by atoms with Gasteiger partial charge >= 0.3 is 0 Å². The van der Waals surface area contributed by atoms with Crippen molar-refractivity contribution in [2.45, 2.75) is 19.3 Å². The Kier molecular flexibility index (Phi) is 7.20. The number of hydrogen-bond donors (Lipinski definition) is 0. The number of fused-ring (bicyclic) bond motifs is 8. The van der Waals surface area contributed by atoms with E-state index in [2.05, 4.69) is 178 Å². The summed E-state index contributed by atoms with van der Waals surface area (Å²) in [5.41, 5.74) is 16.3. The van der Waals surface area contributed by atoms with E-state index in [1.807, 2.05) is 18.2 Å². The predicted octanol–water partition coefficient (Wildman–Crippen LogP) is 14.2. The van der Waals surface area contributed by atoms with Crippen molar-refractivity contribution in [2.24, 2.45) is 0 Å². The van der Waals surface area contributed by atoms with Crippen LogP contribution in [-0.2, 0) is 5.41 Å². The first kappa shape index (κ1) is 32.3. The number of aromatic nitrogens is 2. The van der Waals surface area contributed by atoms with E-state index in [4.69, 9.17) is 14.4 Å². The average molecular weight is 717 g/mol. The molecule has 0 saturated carbocycles. The van der Waals surface area contributed by atoms with E-state index in [-0.39, 0.29) is 5.41 Å². The first-order valence-electron chi connectivity index (χ1n) is 19.2. The molecule has 0 aliphatic heterocycles. The topological polar surface area (TPSA) is 38.9 Å². The Balaban J connectivity index is 1.12. The summed E-state index contributed by atoms with van der Waals surface area (Å²) in [6.07, 6.45) is 0. The van der Waals surface area contributed by atoms with Crippen molar-refractivity contribution in [3.05, 3.63) is 193 Å². The second kappa shape index (κ2) is 12.5. The molecule has 0 bridgehead atoms. The highest BCUT2D eigenvalue weighted by molar-refractivity contribution is 6.19. The van der Waals surface area contributed by atoms with Crippen molar-refractivity contribution >= 4 is 32.7 Å². The van der Waals surface area contributed by atoms with E-state index < -0.39 is 0 Å². The minimum Gasteiger partial charge on any atom is -0.456 e. The molecule has 0 N–H and O–H groups in total. The molecule has 0 saturated heterocycles. The number of nitrogens with zero attached hydrogens (tertiary/aromatic N) is 2. The van der Waals surface area contributed by atoms with E-state index in [0.717, 1.165) is 72.3 Å². The van der Waals surface area contributed by atoms with Gasteiger partial charge in [-0.25, -0.2) is 9.97 Å². The normalized spacial score (nSPS) is 13.0. The molecule has 2 heterocycles. The Morgan fingerprint density at radius 3 is 1.84 bits per heavy atom. The standard InChI is InChI=1S/C53H36N2O/c1-53(2)45-20-12-11-19-42(45)43-24-21-37(31-46(43)53)47-32-48(55-52(54-47)35-16-7-4-8-17-35)40-28-38(33-13-5-3-6-14-33)27-39(29-40)36-23-25-49-44(30-36)51-41-18-10-9-15-34(41)22-26-50(51)56-49/h3-32H,1-2H3. The molecule has 3 nitrogen and oxygen atoms in total. The van der Waals surface area contributed by atoms with E-state index in [0.29, 0.717) is 5.82 Å². The highest BCUT2D eigenvalue weighted by Crippen LogP contribution is 2.49. The van der Waals surface area contributed by atoms with Gasteiger partial charge in [-0.3, -0.25) is 0 Å². The molecule has 264 valence electrons. The molecule has 0 radical (unpaired) electrons. The zero-order chi connectivity index (χ0) is 37.4. The van der Waals surface area contributed by atoms with Crippen LogP contribution in [0.25, 0.3) is 100.0 Å². The Labute approximate surface area is 325 Å². The Morgan fingerprint density at radius 2 is 1.02 bits per heavy atom. The third-order valence-electron chi connectivity index (χ3n) is 11.7. The third-order valence-corrected chi connectivity index (χ3v) is 11.7. The number of benzene rings is 8. The second-order valence-corrected chi connectivity index (χ2v) is 15.4. The van der Waals surface area contributed by atoms with Gasteiger partial charge in [0.2, 0.25) is 0 Å². The number of hydrogen-bond acceptors (Lipinski definition) is 3. The molecule has 0 atom stereocenters. The van der Waals surface area contributed by atoms with Crippen LogP contribution in [0.2, 0.25) is 0 Å². The van der Waals surface area contributed by atoms with Gasteiger partial charge in [-0.1, -0.05) is 147 Å². The fraction of sp³-hybridized carbons (Fsp3) is 0.0566. The fourth-order valence-electron chi connectivity index (χ4n) is 8.79. The van der Waals surface area contributed by atoms with Gasteiger partial charge in [0.1, 0.15) is 11.2 Å². The van der Waals surface area contributed by atoms with Crippen molar-refractivity contribution in [2.75, 3.05) is 0 Å². The predicted molar refractivity (Wildman–Crippen MR) is 232 cm³/mol. The van der Waals surface area contributed by atoms with Crippen LogP contribution in [0.1, 0.15) is 25.0 Å². The second-order valence-electron chi connectivity index (χ2n) is 15.4. The molecule has 2 aromatic heterocycles. The van der Waals surface area contributed by atoms with Crippen molar-refractivity contribution < 1.29 is 4.42 Å². The minimum atomic E-state index is -0.118. The lowest BCUT2D eigenvalue weighted by atomic mass is 9.82. The molecule has 10 aromatic rings. The molecule has 0 unspecified atom stereocenters. The lowest BCUT2D eigenvalue weighted by molar-refractivity contribution is 0.660. The zero-order valence-corrected chi connectivity index (χ0v) is 31.1.